The maximum Gasteiger partial charge on any atom is 0.147 e. The first-order valence-corrected chi connectivity index (χ1v) is 5.82. The van der Waals surface area contributed by atoms with E-state index in [2.05, 4.69) is 10.2 Å². The lowest BCUT2D eigenvalue weighted by atomic mass is 10.2. The van der Waals surface area contributed by atoms with Crippen molar-refractivity contribution in [2.24, 2.45) is 0 Å². The van der Waals surface area contributed by atoms with Crippen molar-refractivity contribution in [3.8, 4) is 16.3 Å². The summed E-state index contributed by atoms with van der Waals surface area (Å²) in [6.07, 6.45) is 0.734. The summed E-state index contributed by atoms with van der Waals surface area (Å²) in [6, 6.07) is 6.98. The monoisotopic (exact) mass is 240 g/mol. The Hall–Kier alpha value is -1.13. The average Bonchev–Trinajstić information content (AvgIpc) is 2.67. The quantitative estimate of drug-likeness (QED) is 0.839. The first kappa shape index (κ1) is 10.4. The minimum absolute atomic E-state index is 0.238. The van der Waals surface area contributed by atoms with Crippen molar-refractivity contribution < 1.29 is 5.11 Å². The molecule has 0 aliphatic heterocycles. The molecule has 0 fully saturated rings. The predicted octanol–water partition coefficient (Wildman–Crippen LogP) is 2.69. The standard InChI is InChI=1S/C10H9ClN2OS/c11-5-4-9-12-13-10(15-9)7-2-1-3-8(14)6-7/h1-3,6,14H,4-5H2. The molecule has 0 unspecified atom stereocenters. The number of aryl methyl sites for hydroxylation is 1. The highest BCUT2D eigenvalue weighted by molar-refractivity contribution is 7.14. The van der Waals surface area contributed by atoms with E-state index in [-0.39, 0.29) is 5.75 Å². The Morgan fingerprint density at radius 2 is 2.20 bits per heavy atom. The number of nitrogens with zero attached hydrogens (tertiary/aromatic N) is 2. The van der Waals surface area contributed by atoms with E-state index in [1.165, 1.54) is 11.3 Å². The molecule has 2 aromatic rings. The SMILES string of the molecule is Oc1cccc(-c2nnc(CCCl)s2)c1. The summed E-state index contributed by atoms with van der Waals surface area (Å²) < 4.78 is 0. The highest BCUT2D eigenvalue weighted by Gasteiger charge is 2.06. The van der Waals surface area contributed by atoms with Crippen molar-refractivity contribution in [1.82, 2.24) is 10.2 Å². The van der Waals surface area contributed by atoms with Gasteiger partial charge in [-0.15, -0.1) is 21.8 Å². The molecule has 2 rings (SSSR count). The van der Waals surface area contributed by atoms with E-state index in [9.17, 15) is 5.11 Å². The third-order valence-corrected chi connectivity index (χ3v) is 3.09. The van der Waals surface area contributed by atoms with E-state index in [0.717, 1.165) is 22.0 Å². The first-order valence-electron chi connectivity index (χ1n) is 4.47. The molecule has 0 atom stereocenters. The van der Waals surface area contributed by atoms with E-state index in [1.807, 2.05) is 6.07 Å². The van der Waals surface area contributed by atoms with E-state index >= 15 is 0 Å². The van der Waals surface area contributed by atoms with Crippen LogP contribution in [0, 0.1) is 0 Å². The van der Waals surface area contributed by atoms with Crippen molar-refractivity contribution in [3.63, 3.8) is 0 Å². The number of hydrogen-bond donors (Lipinski definition) is 1. The van der Waals surface area contributed by atoms with Gasteiger partial charge in [-0.2, -0.15) is 0 Å². The van der Waals surface area contributed by atoms with Crippen LogP contribution in [0.25, 0.3) is 10.6 Å². The molecule has 1 heterocycles. The number of rotatable bonds is 3. The van der Waals surface area contributed by atoms with Crippen molar-refractivity contribution in [2.75, 3.05) is 5.88 Å². The summed E-state index contributed by atoms with van der Waals surface area (Å²) in [7, 11) is 0. The largest absolute Gasteiger partial charge is 0.508 e. The third kappa shape index (κ3) is 2.46. The lowest BCUT2D eigenvalue weighted by Crippen LogP contribution is -1.82. The molecule has 0 saturated heterocycles. The topological polar surface area (TPSA) is 46.0 Å². The number of hydrogen-bond acceptors (Lipinski definition) is 4. The summed E-state index contributed by atoms with van der Waals surface area (Å²) in [5, 5.41) is 19.1. The van der Waals surface area contributed by atoms with Crippen LogP contribution in [0.2, 0.25) is 0 Å². The van der Waals surface area contributed by atoms with Crippen LogP contribution in [0.5, 0.6) is 5.75 Å². The van der Waals surface area contributed by atoms with Gasteiger partial charge in [0.1, 0.15) is 15.8 Å². The van der Waals surface area contributed by atoms with E-state index in [4.69, 9.17) is 11.6 Å². The first-order chi connectivity index (χ1) is 7.29. The predicted molar refractivity (Wildman–Crippen MR) is 61.4 cm³/mol. The van der Waals surface area contributed by atoms with E-state index in [1.54, 1.807) is 18.2 Å². The summed E-state index contributed by atoms with van der Waals surface area (Å²) in [5.41, 5.74) is 0.883. The van der Waals surface area contributed by atoms with Crippen LogP contribution in [0.15, 0.2) is 24.3 Å². The molecule has 1 aromatic carbocycles. The number of benzene rings is 1. The molecule has 1 aromatic heterocycles. The summed E-state index contributed by atoms with van der Waals surface area (Å²) >= 11 is 7.12. The van der Waals surface area contributed by atoms with E-state index in [0.29, 0.717) is 5.88 Å². The molecule has 3 nitrogen and oxygen atoms in total. The average molecular weight is 241 g/mol. The third-order valence-electron chi connectivity index (χ3n) is 1.87. The van der Waals surface area contributed by atoms with Gasteiger partial charge in [0, 0.05) is 17.9 Å². The molecular weight excluding hydrogens is 232 g/mol. The molecule has 78 valence electrons. The zero-order chi connectivity index (χ0) is 10.7. The summed E-state index contributed by atoms with van der Waals surface area (Å²) in [5.74, 6) is 0.788. The van der Waals surface area contributed by atoms with Gasteiger partial charge in [-0.05, 0) is 12.1 Å². The van der Waals surface area contributed by atoms with E-state index < -0.39 is 0 Å². The molecular formula is C10H9ClN2OS. The Labute approximate surface area is 96.4 Å². The molecule has 1 N–H and O–H groups in total. The number of alkyl halides is 1. The fourth-order valence-corrected chi connectivity index (χ4v) is 2.32. The minimum atomic E-state index is 0.238. The van der Waals surface area contributed by atoms with Crippen LogP contribution in [-0.4, -0.2) is 21.2 Å². The molecule has 0 bridgehead atoms. The lowest BCUT2D eigenvalue weighted by Gasteiger charge is -1.95. The van der Waals surface area contributed by atoms with Gasteiger partial charge in [-0.25, -0.2) is 0 Å². The molecule has 0 aliphatic rings. The van der Waals surface area contributed by atoms with Gasteiger partial charge in [0.25, 0.3) is 0 Å². The van der Waals surface area contributed by atoms with Crippen LogP contribution in [-0.2, 0) is 6.42 Å². The molecule has 0 amide bonds. The van der Waals surface area contributed by atoms with Crippen molar-refractivity contribution >= 4 is 22.9 Å². The smallest absolute Gasteiger partial charge is 0.147 e. The Balaban J connectivity index is 2.29. The number of aromatic hydroxyl groups is 1. The number of aromatic nitrogens is 2. The fraction of sp³-hybridized carbons (Fsp3) is 0.200. The van der Waals surface area contributed by atoms with Gasteiger partial charge < -0.3 is 5.11 Å². The second-order valence-electron chi connectivity index (χ2n) is 2.99. The highest BCUT2D eigenvalue weighted by Crippen LogP contribution is 2.26. The van der Waals surface area contributed by atoms with Gasteiger partial charge >= 0.3 is 0 Å². The maximum absolute atomic E-state index is 9.32. The normalized spacial score (nSPS) is 10.5. The Bertz CT molecular complexity index is 458. The van der Waals surface area contributed by atoms with Crippen molar-refractivity contribution in [3.05, 3.63) is 29.3 Å². The molecule has 0 spiro atoms. The second kappa shape index (κ2) is 4.59. The molecule has 0 aliphatic carbocycles. The Morgan fingerprint density at radius 3 is 2.93 bits per heavy atom. The van der Waals surface area contributed by atoms with Gasteiger partial charge in [-0.3, -0.25) is 0 Å². The van der Waals surface area contributed by atoms with Crippen LogP contribution in [0.3, 0.4) is 0 Å². The minimum Gasteiger partial charge on any atom is -0.508 e. The van der Waals surface area contributed by atoms with Crippen LogP contribution in [0.1, 0.15) is 5.01 Å². The summed E-state index contributed by atoms with van der Waals surface area (Å²) in [6.45, 7) is 0. The number of phenols is 1. The number of halogens is 1. The Morgan fingerprint density at radius 1 is 1.33 bits per heavy atom. The maximum atomic E-state index is 9.32. The van der Waals surface area contributed by atoms with Gasteiger partial charge in [0.15, 0.2) is 0 Å². The van der Waals surface area contributed by atoms with Crippen LogP contribution < -0.4 is 0 Å². The second-order valence-corrected chi connectivity index (χ2v) is 4.43. The van der Waals surface area contributed by atoms with Crippen molar-refractivity contribution in [2.45, 2.75) is 6.42 Å². The Kier molecular flexibility index (Phi) is 3.18. The summed E-state index contributed by atoms with van der Waals surface area (Å²) in [4.78, 5) is 0. The number of phenolic OH excluding ortho intramolecular Hbond substituents is 1. The van der Waals surface area contributed by atoms with Gasteiger partial charge in [0.05, 0.1) is 0 Å². The molecule has 0 radical (unpaired) electrons. The van der Waals surface area contributed by atoms with Crippen molar-refractivity contribution in [1.29, 1.82) is 0 Å². The highest BCUT2D eigenvalue weighted by atomic mass is 35.5. The van der Waals surface area contributed by atoms with Gasteiger partial charge in [-0.1, -0.05) is 23.5 Å². The molecule has 5 heteroatoms. The van der Waals surface area contributed by atoms with Gasteiger partial charge in [0.2, 0.25) is 0 Å². The fourth-order valence-electron chi connectivity index (χ4n) is 1.19. The molecule has 15 heavy (non-hydrogen) atoms. The van der Waals surface area contributed by atoms with Crippen LogP contribution >= 0.6 is 22.9 Å². The molecule has 0 saturated carbocycles. The van der Waals surface area contributed by atoms with Crippen LogP contribution in [0.4, 0.5) is 0 Å². The zero-order valence-electron chi connectivity index (χ0n) is 7.85. The zero-order valence-corrected chi connectivity index (χ0v) is 9.42. The lowest BCUT2D eigenvalue weighted by molar-refractivity contribution is 0.475.